The first-order chi connectivity index (χ1) is 24.2. The first-order valence-electron chi connectivity index (χ1n) is 16.8. The molecule has 2 nitrogen and oxygen atoms in total. The van der Waals surface area contributed by atoms with Crippen LogP contribution >= 0.6 is 0 Å². The summed E-state index contributed by atoms with van der Waals surface area (Å²) >= 11 is 0. The molecule has 0 radical (unpaired) electrons. The van der Waals surface area contributed by atoms with Gasteiger partial charge in [-0.15, -0.1) is 0 Å². The molecule has 0 atom stereocenters. The van der Waals surface area contributed by atoms with Crippen LogP contribution in [0.15, 0.2) is 186 Å². The molecule has 49 heavy (non-hydrogen) atoms. The molecule has 1 heterocycles. The van der Waals surface area contributed by atoms with E-state index < -0.39 is 0 Å². The molecular weight excluding hydrogens is 595 g/mol. The number of aryl methyl sites for hydroxylation is 1. The molecule has 0 spiro atoms. The zero-order chi connectivity index (χ0) is 32.7. The van der Waals surface area contributed by atoms with E-state index in [2.05, 4.69) is 182 Å². The predicted molar refractivity (Wildman–Crippen MR) is 207 cm³/mol. The summed E-state index contributed by atoms with van der Waals surface area (Å²) in [6.45, 7) is 2.14. The molecule has 0 aliphatic heterocycles. The van der Waals surface area contributed by atoms with Gasteiger partial charge in [-0.25, -0.2) is 0 Å². The van der Waals surface area contributed by atoms with Gasteiger partial charge in [-0.2, -0.15) is 0 Å². The van der Waals surface area contributed by atoms with Crippen molar-refractivity contribution in [1.82, 2.24) is 0 Å². The topological polar surface area (TPSA) is 16.4 Å². The second kappa shape index (κ2) is 12.0. The third kappa shape index (κ3) is 5.24. The van der Waals surface area contributed by atoms with Crippen LogP contribution in [0.1, 0.15) is 5.56 Å². The van der Waals surface area contributed by atoms with Crippen LogP contribution in [0.2, 0.25) is 0 Å². The van der Waals surface area contributed by atoms with E-state index in [9.17, 15) is 0 Å². The molecule has 9 aromatic rings. The SMILES string of the molecule is Cc1c(-c2cccc(-c3ccc(-c4ccc(N(c5ccc6ccccc6c5)c5cccc6ccccc56)cc4)cc3)c2)oc2ccccc12. The first-order valence-corrected chi connectivity index (χ1v) is 16.8. The van der Waals surface area contributed by atoms with Crippen molar-refractivity contribution < 1.29 is 4.42 Å². The third-order valence-corrected chi connectivity index (χ3v) is 9.64. The molecule has 0 aliphatic carbocycles. The molecule has 0 bridgehead atoms. The van der Waals surface area contributed by atoms with Crippen molar-refractivity contribution in [3.63, 3.8) is 0 Å². The van der Waals surface area contributed by atoms with E-state index >= 15 is 0 Å². The normalized spacial score (nSPS) is 11.4. The number of hydrogen-bond acceptors (Lipinski definition) is 2. The van der Waals surface area contributed by atoms with Gasteiger partial charge in [0.1, 0.15) is 11.3 Å². The van der Waals surface area contributed by atoms with Crippen LogP contribution in [-0.2, 0) is 0 Å². The molecule has 0 aliphatic rings. The number of furan rings is 1. The fourth-order valence-electron chi connectivity index (χ4n) is 7.09. The molecule has 0 N–H and O–H groups in total. The Kier molecular flexibility index (Phi) is 7.06. The van der Waals surface area contributed by atoms with E-state index in [4.69, 9.17) is 4.42 Å². The van der Waals surface area contributed by atoms with Crippen LogP contribution in [0.3, 0.4) is 0 Å². The van der Waals surface area contributed by atoms with Crippen molar-refractivity contribution in [2.24, 2.45) is 0 Å². The lowest BCUT2D eigenvalue weighted by atomic mass is 9.97. The summed E-state index contributed by atoms with van der Waals surface area (Å²) in [6, 6.07) is 65.1. The first kappa shape index (κ1) is 28.8. The molecule has 9 rings (SSSR count). The van der Waals surface area contributed by atoms with Crippen LogP contribution in [0.4, 0.5) is 17.1 Å². The van der Waals surface area contributed by atoms with E-state index in [-0.39, 0.29) is 0 Å². The molecule has 0 unspecified atom stereocenters. The molecular formula is C47H33NO. The third-order valence-electron chi connectivity index (χ3n) is 9.64. The lowest BCUT2D eigenvalue weighted by Crippen LogP contribution is -2.10. The van der Waals surface area contributed by atoms with Crippen LogP contribution in [0.25, 0.3) is 66.1 Å². The van der Waals surface area contributed by atoms with Crippen LogP contribution < -0.4 is 4.90 Å². The Morgan fingerprint density at radius 3 is 1.73 bits per heavy atom. The number of anilines is 3. The van der Waals surface area contributed by atoms with Gasteiger partial charge in [0.2, 0.25) is 0 Å². The summed E-state index contributed by atoms with van der Waals surface area (Å²) in [7, 11) is 0. The lowest BCUT2D eigenvalue weighted by Gasteiger charge is -2.27. The monoisotopic (exact) mass is 627 g/mol. The molecule has 8 aromatic carbocycles. The van der Waals surface area contributed by atoms with Crippen molar-refractivity contribution in [2.75, 3.05) is 4.90 Å². The van der Waals surface area contributed by atoms with Gasteiger partial charge in [0.05, 0.1) is 5.69 Å². The highest BCUT2D eigenvalue weighted by molar-refractivity contribution is 6.00. The Hall–Kier alpha value is -6.38. The minimum atomic E-state index is 0.924. The van der Waals surface area contributed by atoms with E-state index in [1.165, 1.54) is 49.4 Å². The average Bonchev–Trinajstić information content (AvgIpc) is 3.51. The Morgan fingerprint density at radius 2 is 0.959 bits per heavy atom. The zero-order valence-electron chi connectivity index (χ0n) is 27.2. The smallest absolute Gasteiger partial charge is 0.138 e. The second-order valence-corrected chi connectivity index (χ2v) is 12.6. The number of benzene rings is 8. The lowest BCUT2D eigenvalue weighted by molar-refractivity contribution is 0.629. The van der Waals surface area contributed by atoms with Gasteiger partial charge < -0.3 is 9.32 Å². The summed E-state index contributed by atoms with van der Waals surface area (Å²) in [6.07, 6.45) is 0. The van der Waals surface area contributed by atoms with Gasteiger partial charge in [-0.1, -0.05) is 140 Å². The number of fused-ring (bicyclic) bond motifs is 3. The van der Waals surface area contributed by atoms with Crippen molar-refractivity contribution in [3.05, 3.63) is 188 Å². The Balaban J connectivity index is 1.05. The van der Waals surface area contributed by atoms with Gasteiger partial charge in [0.25, 0.3) is 0 Å². The van der Waals surface area contributed by atoms with Crippen LogP contribution in [-0.4, -0.2) is 0 Å². The fraction of sp³-hybridized carbons (Fsp3) is 0.0213. The Morgan fingerprint density at radius 1 is 0.388 bits per heavy atom. The van der Waals surface area contributed by atoms with Gasteiger partial charge in [-0.3, -0.25) is 0 Å². The van der Waals surface area contributed by atoms with Crippen molar-refractivity contribution in [3.8, 4) is 33.6 Å². The largest absolute Gasteiger partial charge is 0.456 e. The number of para-hydroxylation sites is 1. The van der Waals surface area contributed by atoms with Gasteiger partial charge >= 0.3 is 0 Å². The highest BCUT2D eigenvalue weighted by atomic mass is 16.3. The maximum Gasteiger partial charge on any atom is 0.138 e. The number of hydrogen-bond donors (Lipinski definition) is 0. The molecule has 0 amide bonds. The standard InChI is InChI=1S/C47H33NO/c1-32-43-16-6-7-19-46(43)49-47(32)40-15-8-14-38(30-40)36-22-20-34(21-23-36)35-24-27-41(28-25-35)48(42-29-26-33-10-2-3-12-39(33)31-42)45-18-9-13-37-11-4-5-17-44(37)45/h2-31H,1H3. The Labute approximate surface area is 286 Å². The average molecular weight is 628 g/mol. The number of rotatable bonds is 6. The van der Waals surface area contributed by atoms with Crippen molar-refractivity contribution in [1.29, 1.82) is 0 Å². The second-order valence-electron chi connectivity index (χ2n) is 12.6. The van der Waals surface area contributed by atoms with Crippen molar-refractivity contribution in [2.45, 2.75) is 6.92 Å². The molecule has 232 valence electrons. The summed E-state index contributed by atoms with van der Waals surface area (Å²) in [5, 5.41) is 6.06. The summed E-state index contributed by atoms with van der Waals surface area (Å²) < 4.78 is 6.27. The van der Waals surface area contributed by atoms with Crippen molar-refractivity contribution >= 4 is 49.6 Å². The predicted octanol–water partition coefficient (Wildman–Crippen LogP) is 13.5. The van der Waals surface area contributed by atoms with Gasteiger partial charge in [-0.05, 0) is 87.8 Å². The van der Waals surface area contributed by atoms with Gasteiger partial charge in [0, 0.05) is 33.3 Å². The van der Waals surface area contributed by atoms with E-state index in [0.717, 1.165) is 39.4 Å². The Bertz CT molecular complexity index is 2610. The zero-order valence-corrected chi connectivity index (χ0v) is 27.2. The highest BCUT2D eigenvalue weighted by Gasteiger charge is 2.17. The molecule has 1 aromatic heterocycles. The fourth-order valence-corrected chi connectivity index (χ4v) is 7.09. The molecule has 2 heteroatoms. The minimum Gasteiger partial charge on any atom is -0.456 e. The van der Waals surface area contributed by atoms with Gasteiger partial charge in [0.15, 0.2) is 0 Å². The minimum absolute atomic E-state index is 0.924. The molecule has 0 saturated carbocycles. The molecule has 0 fully saturated rings. The van der Waals surface area contributed by atoms with Crippen LogP contribution in [0, 0.1) is 6.92 Å². The maximum atomic E-state index is 6.27. The molecule has 0 saturated heterocycles. The summed E-state index contributed by atoms with van der Waals surface area (Å²) in [4.78, 5) is 2.37. The van der Waals surface area contributed by atoms with E-state index in [0.29, 0.717) is 0 Å². The van der Waals surface area contributed by atoms with E-state index in [1.807, 2.05) is 12.1 Å². The van der Waals surface area contributed by atoms with E-state index in [1.54, 1.807) is 0 Å². The van der Waals surface area contributed by atoms with Crippen LogP contribution in [0.5, 0.6) is 0 Å². The number of nitrogens with zero attached hydrogens (tertiary/aromatic N) is 1. The quantitative estimate of drug-likeness (QED) is 0.182. The summed E-state index contributed by atoms with van der Waals surface area (Å²) in [5.41, 5.74) is 11.3. The summed E-state index contributed by atoms with van der Waals surface area (Å²) in [5.74, 6) is 0.931. The maximum absolute atomic E-state index is 6.27. The highest BCUT2D eigenvalue weighted by Crippen LogP contribution is 2.41.